The highest BCUT2D eigenvalue weighted by atomic mass is 35.5. The summed E-state index contributed by atoms with van der Waals surface area (Å²) in [4.78, 5) is 30.1. The van der Waals surface area contributed by atoms with Gasteiger partial charge in [-0.15, -0.1) is 11.3 Å². The Balaban J connectivity index is 1.69. The number of nitrogens with zero attached hydrogens (tertiary/aromatic N) is 2. The summed E-state index contributed by atoms with van der Waals surface area (Å²) in [6, 6.07) is 14.6. The molecular formula is C26H30ClN3O2S. The lowest BCUT2D eigenvalue weighted by molar-refractivity contribution is -0.141. The van der Waals surface area contributed by atoms with Gasteiger partial charge in [-0.25, -0.2) is 0 Å². The van der Waals surface area contributed by atoms with Gasteiger partial charge in [-0.2, -0.15) is 0 Å². The Bertz CT molecular complexity index is 1070. The first kappa shape index (κ1) is 23.6. The molecule has 5 nitrogen and oxygen atoms in total. The number of aryl methyl sites for hydroxylation is 1. The molecule has 2 amide bonds. The summed E-state index contributed by atoms with van der Waals surface area (Å²) < 4.78 is 1.92. The van der Waals surface area contributed by atoms with Crippen LogP contribution < -0.4 is 5.32 Å². The van der Waals surface area contributed by atoms with E-state index >= 15 is 0 Å². The van der Waals surface area contributed by atoms with Crippen LogP contribution in [0, 0.1) is 0 Å². The number of thiophene rings is 1. The molecule has 2 heterocycles. The second kappa shape index (κ2) is 11.0. The van der Waals surface area contributed by atoms with Crippen molar-refractivity contribution in [2.24, 2.45) is 7.05 Å². The van der Waals surface area contributed by atoms with Gasteiger partial charge in [-0.1, -0.05) is 55.1 Å². The number of hydrogen-bond donors (Lipinski definition) is 1. The minimum atomic E-state index is -0.740. The maximum atomic E-state index is 13.7. The van der Waals surface area contributed by atoms with E-state index in [9.17, 15) is 9.59 Å². The molecule has 0 bridgehead atoms. The minimum absolute atomic E-state index is 0.0950. The molecule has 1 atom stereocenters. The van der Waals surface area contributed by atoms with E-state index in [4.69, 9.17) is 11.6 Å². The smallest absolute Gasteiger partial charge is 0.249 e. The third-order valence-electron chi connectivity index (χ3n) is 6.30. The van der Waals surface area contributed by atoms with Gasteiger partial charge < -0.3 is 14.8 Å². The fourth-order valence-electron chi connectivity index (χ4n) is 4.52. The van der Waals surface area contributed by atoms with Gasteiger partial charge >= 0.3 is 0 Å². The third-order valence-corrected chi connectivity index (χ3v) is 7.55. The molecule has 3 aromatic rings. The van der Waals surface area contributed by atoms with E-state index in [0.717, 1.165) is 41.8 Å². The van der Waals surface area contributed by atoms with Crippen molar-refractivity contribution in [3.05, 3.63) is 81.3 Å². The van der Waals surface area contributed by atoms with Crippen molar-refractivity contribution >= 4 is 34.8 Å². The van der Waals surface area contributed by atoms with E-state index in [-0.39, 0.29) is 30.8 Å². The molecule has 1 aliphatic carbocycles. The Kier molecular flexibility index (Phi) is 7.89. The zero-order valence-electron chi connectivity index (χ0n) is 18.9. The van der Waals surface area contributed by atoms with Crippen LogP contribution in [0.1, 0.15) is 54.3 Å². The van der Waals surface area contributed by atoms with Crippen molar-refractivity contribution < 1.29 is 9.59 Å². The van der Waals surface area contributed by atoms with Crippen molar-refractivity contribution in [2.75, 3.05) is 0 Å². The van der Waals surface area contributed by atoms with Gasteiger partial charge in [0, 0.05) is 41.4 Å². The highest BCUT2D eigenvalue weighted by Crippen LogP contribution is 2.28. The quantitative estimate of drug-likeness (QED) is 0.459. The van der Waals surface area contributed by atoms with Crippen LogP contribution in [0.25, 0.3) is 0 Å². The SMILES string of the molecule is Cn1cccc1[C@@H](C(=O)NC1CCCCC1)N(Cc1ccccc1Cl)C(=O)Cc1cccs1. The molecule has 1 fully saturated rings. The molecule has 4 rings (SSSR count). The first-order chi connectivity index (χ1) is 16.0. The lowest BCUT2D eigenvalue weighted by Crippen LogP contribution is -2.47. The first-order valence-corrected chi connectivity index (χ1v) is 12.8. The van der Waals surface area contributed by atoms with E-state index in [1.165, 1.54) is 6.42 Å². The molecular weight excluding hydrogens is 454 g/mol. The summed E-state index contributed by atoms with van der Waals surface area (Å²) >= 11 is 8.02. The number of nitrogens with one attached hydrogen (secondary N) is 1. The maximum absolute atomic E-state index is 13.7. The van der Waals surface area contributed by atoms with Gasteiger partial charge in [0.15, 0.2) is 6.04 Å². The second-order valence-corrected chi connectivity index (χ2v) is 10.1. The Hall–Kier alpha value is -2.57. The highest BCUT2D eigenvalue weighted by molar-refractivity contribution is 7.10. The standard InChI is InChI=1S/C26H30ClN3O2S/c1-29-15-7-14-23(29)25(26(32)28-20-10-3-2-4-11-20)30(18-19-9-5-6-13-22(19)27)24(31)17-21-12-8-16-33-21/h5-9,12-16,20,25H,2-4,10-11,17-18H2,1H3,(H,28,32)/t25-/m0/s1. The average molecular weight is 484 g/mol. The maximum Gasteiger partial charge on any atom is 0.249 e. The fourth-order valence-corrected chi connectivity index (χ4v) is 5.41. The molecule has 174 valence electrons. The van der Waals surface area contributed by atoms with Crippen LogP contribution in [0.15, 0.2) is 60.1 Å². The Morgan fingerprint density at radius 2 is 1.91 bits per heavy atom. The van der Waals surface area contributed by atoms with E-state index in [0.29, 0.717) is 5.02 Å². The predicted octanol–water partition coefficient (Wildman–Crippen LogP) is 5.50. The summed E-state index contributed by atoms with van der Waals surface area (Å²) in [5.41, 5.74) is 1.61. The number of carbonyl (C=O) groups is 2. The number of halogens is 1. The minimum Gasteiger partial charge on any atom is -0.352 e. The molecule has 1 N–H and O–H groups in total. The highest BCUT2D eigenvalue weighted by Gasteiger charge is 2.34. The van der Waals surface area contributed by atoms with Gasteiger partial charge in [0.2, 0.25) is 11.8 Å². The number of carbonyl (C=O) groups excluding carboxylic acids is 2. The predicted molar refractivity (Wildman–Crippen MR) is 133 cm³/mol. The molecule has 0 spiro atoms. The Labute approximate surface area is 204 Å². The molecule has 0 saturated heterocycles. The van der Waals surface area contributed by atoms with Crippen molar-refractivity contribution in [1.82, 2.24) is 14.8 Å². The number of rotatable bonds is 8. The van der Waals surface area contributed by atoms with Crippen LogP contribution in [-0.4, -0.2) is 27.3 Å². The first-order valence-electron chi connectivity index (χ1n) is 11.5. The van der Waals surface area contributed by atoms with Crippen molar-refractivity contribution in [1.29, 1.82) is 0 Å². The second-order valence-electron chi connectivity index (χ2n) is 8.66. The Morgan fingerprint density at radius 3 is 2.58 bits per heavy atom. The van der Waals surface area contributed by atoms with Crippen LogP contribution in [0.4, 0.5) is 0 Å². The number of hydrogen-bond acceptors (Lipinski definition) is 3. The summed E-state index contributed by atoms with van der Waals surface area (Å²) in [5.74, 6) is -0.224. The average Bonchev–Trinajstić information content (AvgIpc) is 3.47. The van der Waals surface area contributed by atoms with Gasteiger partial charge in [0.05, 0.1) is 6.42 Å². The molecule has 1 saturated carbocycles. The van der Waals surface area contributed by atoms with E-state index in [1.807, 2.05) is 71.7 Å². The Morgan fingerprint density at radius 1 is 1.12 bits per heavy atom. The van der Waals surface area contributed by atoms with Crippen LogP contribution in [0.5, 0.6) is 0 Å². The molecule has 0 radical (unpaired) electrons. The van der Waals surface area contributed by atoms with Crippen LogP contribution >= 0.6 is 22.9 Å². The molecule has 33 heavy (non-hydrogen) atoms. The lowest BCUT2D eigenvalue weighted by atomic mass is 9.95. The normalized spacial score (nSPS) is 15.2. The third kappa shape index (κ3) is 5.87. The van der Waals surface area contributed by atoms with Crippen molar-refractivity contribution in [3.63, 3.8) is 0 Å². The monoisotopic (exact) mass is 483 g/mol. The molecule has 7 heteroatoms. The van der Waals surface area contributed by atoms with Crippen LogP contribution in [0.3, 0.4) is 0 Å². The van der Waals surface area contributed by atoms with Crippen molar-refractivity contribution in [3.8, 4) is 0 Å². The van der Waals surface area contributed by atoms with Gasteiger partial charge in [0.25, 0.3) is 0 Å². The molecule has 0 aliphatic heterocycles. The molecule has 1 aromatic carbocycles. The van der Waals surface area contributed by atoms with Crippen LogP contribution in [-0.2, 0) is 29.6 Å². The summed E-state index contributed by atoms with van der Waals surface area (Å²) in [5, 5.41) is 5.80. The summed E-state index contributed by atoms with van der Waals surface area (Å²) in [6.07, 6.45) is 7.60. The van der Waals surface area contributed by atoms with Gasteiger partial charge in [0.1, 0.15) is 0 Å². The van der Waals surface area contributed by atoms with E-state index in [1.54, 1.807) is 16.2 Å². The topological polar surface area (TPSA) is 54.3 Å². The number of amides is 2. The molecule has 2 aromatic heterocycles. The van der Waals surface area contributed by atoms with Gasteiger partial charge in [-0.3, -0.25) is 9.59 Å². The summed E-state index contributed by atoms with van der Waals surface area (Å²) in [6.45, 7) is 0.262. The lowest BCUT2D eigenvalue weighted by Gasteiger charge is -2.33. The van der Waals surface area contributed by atoms with E-state index in [2.05, 4.69) is 5.32 Å². The number of benzene rings is 1. The van der Waals surface area contributed by atoms with Crippen molar-refractivity contribution in [2.45, 2.75) is 57.2 Å². The zero-order chi connectivity index (χ0) is 23.2. The number of aromatic nitrogens is 1. The molecule has 1 aliphatic rings. The van der Waals surface area contributed by atoms with Crippen LogP contribution in [0.2, 0.25) is 5.02 Å². The van der Waals surface area contributed by atoms with Gasteiger partial charge in [-0.05, 0) is 48.1 Å². The van der Waals surface area contributed by atoms with E-state index < -0.39 is 6.04 Å². The molecule has 0 unspecified atom stereocenters. The largest absolute Gasteiger partial charge is 0.352 e. The summed E-state index contributed by atoms with van der Waals surface area (Å²) in [7, 11) is 1.91. The zero-order valence-corrected chi connectivity index (χ0v) is 20.4. The fraction of sp³-hybridized carbons (Fsp3) is 0.385.